The van der Waals surface area contributed by atoms with Gasteiger partial charge in [0.05, 0.1) is 18.4 Å². The average Bonchev–Trinajstić information content (AvgIpc) is 3.21. The number of aliphatic hydroxyl groups is 1. The molecule has 0 aromatic rings. The highest BCUT2D eigenvalue weighted by Gasteiger charge is 2.73. The monoisotopic (exact) mass is 514 g/mol. The molecule has 11 atom stereocenters. The van der Waals surface area contributed by atoms with E-state index in [0.29, 0.717) is 35.5 Å². The first-order valence-corrected chi connectivity index (χ1v) is 14.8. The summed E-state index contributed by atoms with van der Waals surface area (Å²) in [7, 11) is 1.38. The molecule has 208 valence electrons. The molecule has 5 aliphatic carbocycles. The molecule has 0 amide bonds. The van der Waals surface area contributed by atoms with E-state index in [0.717, 1.165) is 44.9 Å². The Kier molecular flexibility index (Phi) is 6.30. The molecule has 0 aromatic heterocycles. The summed E-state index contributed by atoms with van der Waals surface area (Å²) in [5.41, 5.74) is 0.150. The van der Waals surface area contributed by atoms with E-state index in [1.54, 1.807) is 0 Å². The molecule has 0 aliphatic heterocycles. The summed E-state index contributed by atoms with van der Waals surface area (Å²) in [4.78, 5) is 25.7. The van der Waals surface area contributed by atoms with Gasteiger partial charge in [-0.05, 0) is 124 Å². The lowest BCUT2D eigenvalue weighted by Gasteiger charge is -2.73. The molecular formula is C32H50O5. The van der Waals surface area contributed by atoms with E-state index in [9.17, 15) is 19.8 Å². The predicted molar refractivity (Wildman–Crippen MR) is 144 cm³/mol. The van der Waals surface area contributed by atoms with Crippen molar-refractivity contribution in [2.24, 2.45) is 62.6 Å². The van der Waals surface area contributed by atoms with Crippen molar-refractivity contribution >= 4 is 11.9 Å². The van der Waals surface area contributed by atoms with Crippen LogP contribution < -0.4 is 0 Å². The first kappa shape index (κ1) is 27.2. The Hall–Kier alpha value is -1.36. The topological polar surface area (TPSA) is 83.8 Å². The molecule has 2 N–H and O–H groups in total. The number of hydrogen-bond donors (Lipinski definition) is 2. The van der Waals surface area contributed by atoms with Crippen LogP contribution in [0, 0.1) is 62.6 Å². The Labute approximate surface area is 223 Å². The third-order valence-corrected chi connectivity index (χ3v) is 14.0. The molecule has 0 radical (unpaired) electrons. The fourth-order valence-electron chi connectivity index (χ4n) is 12.2. The largest absolute Gasteiger partial charge is 0.481 e. The highest BCUT2D eigenvalue weighted by atomic mass is 16.5. The molecule has 5 nitrogen and oxygen atoms in total. The standard InChI is InChI=1S/C32H50O5/c1-19(2)20-10-13-28(3)16-17-32(18-33)21(25(20)28)8-9-23-29(4)14-11-22(26(34)37-7)31(6,27(35)36)24(29)12-15-30(23,32)5/h20-25,33H,1,8-18H2,2-7H3,(H,35,36)/t20-,21+,22-,23+,24+,25+,28+,29+,30+,31-,32-/m0/s1. The highest BCUT2D eigenvalue weighted by molar-refractivity contribution is 5.84. The molecule has 37 heavy (non-hydrogen) atoms. The van der Waals surface area contributed by atoms with Crippen molar-refractivity contribution in [3.63, 3.8) is 0 Å². The van der Waals surface area contributed by atoms with E-state index in [1.165, 1.54) is 25.5 Å². The fourth-order valence-corrected chi connectivity index (χ4v) is 12.2. The summed E-state index contributed by atoms with van der Waals surface area (Å²) < 4.78 is 5.11. The van der Waals surface area contributed by atoms with Crippen LogP contribution in [0.15, 0.2) is 12.2 Å². The number of methoxy groups -OCH3 is 1. The minimum Gasteiger partial charge on any atom is -0.481 e. The lowest BCUT2D eigenvalue weighted by molar-refractivity contribution is -0.259. The number of ether oxygens (including phenoxy) is 1. The first-order chi connectivity index (χ1) is 17.3. The summed E-state index contributed by atoms with van der Waals surface area (Å²) in [5, 5.41) is 21.9. The Morgan fingerprint density at radius 3 is 2.22 bits per heavy atom. The number of carbonyl (C=O) groups is 2. The number of carboxylic acids is 1. The molecule has 0 spiro atoms. The number of carboxylic acid groups (broad SMARTS) is 1. The summed E-state index contributed by atoms with van der Waals surface area (Å²) in [5.74, 6) is 0.0151. The zero-order chi connectivity index (χ0) is 27.2. The van der Waals surface area contributed by atoms with E-state index >= 15 is 0 Å². The molecule has 0 saturated heterocycles. The van der Waals surface area contributed by atoms with Gasteiger partial charge in [0.15, 0.2) is 0 Å². The van der Waals surface area contributed by atoms with E-state index in [-0.39, 0.29) is 34.7 Å². The SMILES string of the molecule is C=C(C)[C@@H]1CC[C@]2(C)CC[C@]3(CO)[C@H](CC[C@@H]4[C@@]5(C)CC[C@@H](C(=O)OC)[C@](C)(C(=O)O)[C@@H]5CC[C@]43C)[C@@H]12. The molecule has 0 bridgehead atoms. The minimum absolute atomic E-state index is 0.0447. The van der Waals surface area contributed by atoms with Crippen LogP contribution in [-0.4, -0.2) is 35.9 Å². The Morgan fingerprint density at radius 2 is 1.62 bits per heavy atom. The first-order valence-electron chi connectivity index (χ1n) is 14.8. The van der Waals surface area contributed by atoms with Crippen LogP contribution in [0.2, 0.25) is 0 Å². The number of carbonyl (C=O) groups excluding carboxylic acids is 1. The van der Waals surface area contributed by atoms with Crippen molar-refractivity contribution in [1.29, 1.82) is 0 Å². The third kappa shape index (κ3) is 3.25. The molecular weight excluding hydrogens is 464 g/mol. The maximum Gasteiger partial charge on any atom is 0.310 e. The van der Waals surface area contributed by atoms with Crippen molar-refractivity contribution in [2.45, 2.75) is 98.8 Å². The molecule has 0 heterocycles. The van der Waals surface area contributed by atoms with Crippen LogP contribution in [0.1, 0.15) is 98.8 Å². The van der Waals surface area contributed by atoms with E-state index in [1.807, 2.05) is 6.92 Å². The zero-order valence-corrected chi connectivity index (χ0v) is 24.1. The van der Waals surface area contributed by atoms with Gasteiger partial charge in [-0.1, -0.05) is 32.9 Å². The average molecular weight is 515 g/mol. The molecule has 0 unspecified atom stereocenters. The van der Waals surface area contributed by atoms with Crippen LogP contribution in [0.5, 0.6) is 0 Å². The Bertz CT molecular complexity index is 990. The second-order valence-electron chi connectivity index (χ2n) is 14.9. The summed E-state index contributed by atoms with van der Waals surface area (Å²) in [6.07, 6.45) is 10.0. The lowest BCUT2D eigenvalue weighted by atomic mass is 9.31. The van der Waals surface area contributed by atoms with Gasteiger partial charge in [-0.3, -0.25) is 9.59 Å². The van der Waals surface area contributed by atoms with Gasteiger partial charge in [0.25, 0.3) is 0 Å². The van der Waals surface area contributed by atoms with Gasteiger partial charge in [0.2, 0.25) is 0 Å². The van der Waals surface area contributed by atoms with Gasteiger partial charge < -0.3 is 14.9 Å². The lowest BCUT2D eigenvalue weighted by Crippen LogP contribution is -2.69. The number of esters is 1. The van der Waals surface area contributed by atoms with E-state index in [4.69, 9.17) is 4.74 Å². The van der Waals surface area contributed by atoms with Gasteiger partial charge >= 0.3 is 11.9 Å². The molecule has 5 heteroatoms. The van der Waals surface area contributed by atoms with E-state index in [2.05, 4.69) is 34.3 Å². The fraction of sp³-hybridized carbons (Fsp3) is 0.875. The van der Waals surface area contributed by atoms with Gasteiger partial charge in [-0.2, -0.15) is 0 Å². The second kappa shape index (κ2) is 8.57. The molecule has 0 aromatic carbocycles. The van der Waals surface area contributed by atoms with Crippen LogP contribution >= 0.6 is 0 Å². The molecule has 5 rings (SSSR count). The molecule has 5 saturated carbocycles. The summed E-state index contributed by atoms with van der Waals surface area (Å²) in [6, 6.07) is 0. The maximum atomic E-state index is 12.9. The molecule has 5 aliphatic rings. The van der Waals surface area contributed by atoms with Crippen molar-refractivity contribution in [1.82, 2.24) is 0 Å². The zero-order valence-electron chi connectivity index (χ0n) is 24.1. The number of rotatable bonds is 4. The highest BCUT2D eigenvalue weighted by Crippen LogP contribution is 2.77. The quantitative estimate of drug-likeness (QED) is 0.331. The van der Waals surface area contributed by atoms with Crippen molar-refractivity contribution in [3.05, 3.63) is 12.2 Å². The van der Waals surface area contributed by atoms with Gasteiger partial charge in [-0.25, -0.2) is 0 Å². The Balaban J connectivity index is 1.57. The van der Waals surface area contributed by atoms with Crippen molar-refractivity contribution in [3.8, 4) is 0 Å². The number of aliphatic hydroxyl groups excluding tert-OH is 1. The van der Waals surface area contributed by atoms with Gasteiger partial charge in [0.1, 0.15) is 0 Å². The van der Waals surface area contributed by atoms with Crippen LogP contribution in [0.4, 0.5) is 0 Å². The van der Waals surface area contributed by atoms with Crippen molar-refractivity contribution < 1.29 is 24.5 Å². The third-order valence-electron chi connectivity index (χ3n) is 14.0. The smallest absolute Gasteiger partial charge is 0.310 e. The second-order valence-corrected chi connectivity index (χ2v) is 14.9. The van der Waals surface area contributed by atoms with Crippen LogP contribution in [-0.2, 0) is 14.3 Å². The predicted octanol–water partition coefficient (Wildman–Crippen LogP) is 6.49. The van der Waals surface area contributed by atoms with Crippen molar-refractivity contribution in [2.75, 3.05) is 13.7 Å². The number of hydrogen-bond acceptors (Lipinski definition) is 4. The van der Waals surface area contributed by atoms with Gasteiger partial charge in [-0.15, -0.1) is 0 Å². The molecule has 5 fully saturated rings. The Morgan fingerprint density at radius 1 is 0.919 bits per heavy atom. The van der Waals surface area contributed by atoms with Crippen LogP contribution in [0.3, 0.4) is 0 Å². The van der Waals surface area contributed by atoms with Crippen LogP contribution in [0.25, 0.3) is 0 Å². The maximum absolute atomic E-state index is 12.9. The minimum atomic E-state index is -1.13. The number of fused-ring (bicyclic) bond motifs is 7. The van der Waals surface area contributed by atoms with Gasteiger partial charge in [0, 0.05) is 12.0 Å². The summed E-state index contributed by atoms with van der Waals surface area (Å²) in [6.45, 7) is 16.0. The number of aliphatic carboxylic acids is 1. The number of allylic oxidation sites excluding steroid dienone is 1. The van der Waals surface area contributed by atoms with E-state index < -0.39 is 17.3 Å². The summed E-state index contributed by atoms with van der Waals surface area (Å²) >= 11 is 0. The normalized spacial score (nSPS) is 52.7.